The minimum Gasteiger partial charge on any atom is -0.382 e. The van der Waals surface area contributed by atoms with Crippen LogP contribution in [0, 0.1) is 17.7 Å². The molecule has 0 aromatic heterocycles. The van der Waals surface area contributed by atoms with Crippen molar-refractivity contribution in [3.63, 3.8) is 0 Å². The molecule has 2 heteroatoms. The van der Waals surface area contributed by atoms with Crippen molar-refractivity contribution in [2.24, 2.45) is 0 Å². The van der Waals surface area contributed by atoms with E-state index in [1.165, 1.54) is 57.4 Å². The van der Waals surface area contributed by atoms with Gasteiger partial charge in [0.25, 0.3) is 0 Å². The maximum absolute atomic E-state index is 13.3. The summed E-state index contributed by atoms with van der Waals surface area (Å²) in [7, 11) is 0. The zero-order chi connectivity index (χ0) is 16.6. The van der Waals surface area contributed by atoms with Gasteiger partial charge in [-0.1, -0.05) is 68.9 Å². The normalized spacial score (nSPS) is 10.3. The van der Waals surface area contributed by atoms with Crippen LogP contribution < -0.4 is 0 Å². The highest BCUT2D eigenvalue weighted by molar-refractivity contribution is 5.34. The van der Waals surface area contributed by atoms with E-state index in [2.05, 4.69) is 11.8 Å². The Labute approximate surface area is 141 Å². The fraction of sp³-hybridized carbons (Fsp3) is 0.619. The Bertz CT molecular complexity index is 458. The largest absolute Gasteiger partial charge is 0.382 e. The minimum atomic E-state index is -0.221. The van der Waals surface area contributed by atoms with Crippen molar-refractivity contribution < 1.29 is 9.13 Å². The van der Waals surface area contributed by atoms with E-state index < -0.39 is 0 Å². The first kappa shape index (κ1) is 19.7. The molecular formula is C21H31FO. The molecule has 1 aromatic carbocycles. The molecule has 0 unspecified atom stereocenters. The van der Waals surface area contributed by atoms with Crippen LogP contribution >= 0.6 is 0 Å². The molecule has 1 aromatic rings. The molecule has 0 saturated heterocycles. The predicted octanol–water partition coefficient (Wildman–Crippen LogP) is 6.11. The summed E-state index contributed by atoms with van der Waals surface area (Å²) in [5.74, 6) is 5.77. The fourth-order valence-electron chi connectivity index (χ4n) is 2.52. The Morgan fingerprint density at radius 1 is 0.870 bits per heavy atom. The van der Waals surface area contributed by atoms with E-state index in [0.29, 0.717) is 5.56 Å². The standard InChI is InChI=1S/C21H31FO/c1-2-23-19-15-11-9-7-5-3-4-6-8-10-12-16-20-17-13-14-18-21(20)22/h13-14,17-18H,2-11,15,19H2,1H3. The lowest BCUT2D eigenvalue weighted by atomic mass is 10.1. The average Bonchev–Trinajstić information content (AvgIpc) is 2.57. The average molecular weight is 318 g/mol. The van der Waals surface area contributed by atoms with E-state index in [1.807, 2.05) is 13.0 Å². The molecule has 0 aliphatic carbocycles. The van der Waals surface area contributed by atoms with Crippen LogP contribution in [0.4, 0.5) is 4.39 Å². The molecule has 0 amide bonds. The number of halogens is 1. The van der Waals surface area contributed by atoms with Crippen molar-refractivity contribution >= 4 is 0 Å². The second kappa shape index (κ2) is 14.3. The fourth-order valence-corrected chi connectivity index (χ4v) is 2.52. The van der Waals surface area contributed by atoms with Gasteiger partial charge in [0.2, 0.25) is 0 Å². The number of hydrogen-bond acceptors (Lipinski definition) is 1. The number of rotatable bonds is 12. The lowest BCUT2D eigenvalue weighted by Gasteiger charge is -2.02. The Balaban J connectivity index is 1.88. The summed E-state index contributed by atoms with van der Waals surface area (Å²) < 4.78 is 18.7. The minimum absolute atomic E-state index is 0.221. The molecular weight excluding hydrogens is 287 g/mol. The summed E-state index contributed by atoms with van der Waals surface area (Å²) >= 11 is 0. The Morgan fingerprint density at radius 2 is 1.48 bits per heavy atom. The van der Waals surface area contributed by atoms with E-state index in [9.17, 15) is 4.39 Å². The first-order chi connectivity index (χ1) is 11.3. The third-order valence-corrected chi connectivity index (χ3v) is 3.89. The van der Waals surface area contributed by atoms with Crippen molar-refractivity contribution in [3.05, 3.63) is 35.6 Å². The van der Waals surface area contributed by atoms with Crippen molar-refractivity contribution in [1.82, 2.24) is 0 Å². The van der Waals surface area contributed by atoms with E-state index in [4.69, 9.17) is 4.74 Å². The first-order valence-corrected chi connectivity index (χ1v) is 9.15. The molecule has 23 heavy (non-hydrogen) atoms. The zero-order valence-electron chi connectivity index (χ0n) is 14.6. The monoisotopic (exact) mass is 318 g/mol. The van der Waals surface area contributed by atoms with Gasteiger partial charge in [-0.2, -0.15) is 0 Å². The maximum atomic E-state index is 13.3. The second-order valence-electron chi connectivity index (χ2n) is 5.91. The van der Waals surface area contributed by atoms with E-state index in [0.717, 1.165) is 26.1 Å². The Morgan fingerprint density at radius 3 is 2.13 bits per heavy atom. The van der Waals surface area contributed by atoms with Gasteiger partial charge in [-0.15, -0.1) is 0 Å². The van der Waals surface area contributed by atoms with Gasteiger partial charge in [0.05, 0.1) is 5.56 Å². The molecule has 0 heterocycles. The van der Waals surface area contributed by atoms with Crippen LogP contribution in [0.25, 0.3) is 0 Å². The van der Waals surface area contributed by atoms with Crippen molar-refractivity contribution in [1.29, 1.82) is 0 Å². The van der Waals surface area contributed by atoms with Crippen molar-refractivity contribution in [2.45, 2.75) is 71.1 Å². The molecule has 1 rings (SSSR count). The third kappa shape index (κ3) is 10.9. The van der Waals surface area contributed by atoms with Crippen molar-refractivity contribution in [3.8, 4) is 11.8 Å². The highest BCUT2D eigenvalue weighted by atomic mass is 19.1. The van der Waals surface area contributed by atoms with Crippen LogP contribution in [0.15, 0.2) is 24.3 Å². The molecule has 0 bridgehead atoms. The highest BCUT2D eigenvalue weighted by Crippen LogP contribution is 2.10. The van der Waals surface area contributed by atoms with Crippen LogP contribution in [-0.4, -0.2) is 13.2 Å². The topological polar surface area (TPSA) is 9.23 Å². The van der Waals surface area contributed by atoms with Gasteiger partial charge < -0.3 is 4.74 Å². The van der Waals surface area contributed by atoms with Crippen molar-refractivity contribution in [2.75, 3.05) is 13.2 Å². The van der Waals surface area contributed by atoms with Gasteiger partial charge in [0.15, 0.2) is 0 Å². The molecule has 1 nitrogen and oxygen atoms in total. The van der Waals surface area contributed by atoms with Gasteiger partial charge in [-0.25, -0.2) is 4.39 Å². The summed E-state index contributed by atoms with van der Waals surface area (Å²) in [5, 5.41) is 0. The quantitative estimate of drug-likeness (QED) is 0.333. The zero-order valence-corrected chi connectivity index (χ0v) is 14.6. The SMILES string of the molecule is CCOCCCCCCCCCCCC#Cc1ccccc1F. The summed E-state index contributed by atoms with van der Waals surface area (Å²) in [6.45, 7) is 3.81. The number of hydrogen-bond donors (Lipinski definition) is 0. The first-order valence-electron chi connectivity index (χ1n) is 9.15. The maximum Gasteiger partial charge on any atom is 0.138 e. The molecule has 0 fully saturated rings. The lowest BCUT2D eigenvalue weighted by molar-refractivity contribution is 0.143. The highest BCUT2D eigenvalue weighted by Gasteiger charge is 1.95. The molecule has 0 radical (unpaired) electrons. The molecule has 0 N–H and O–H groups in total. The molecule has 0 saturated carbocycles. The van der Waals surface area contributed by atoms with E-state index in [-0.39, 0.29) is 5.82 Å². The van der Waals surface area contributed by atoms with Crippen LogP contribution in [0.2, 0.25) is 0 Å². The van der Waals surface area contributed by atoms with Gasteiger partial charge in [0.1, 0.15) is 5.82 Å². The van der Waals surface area contributed by atoms with Gasteiger partial charge >= 0.3 is 0 Å². The third-order valence-electron chi connectivity index (χ3n) is 3.89. The molecule has 0 atom stereocenters. The number of benzene rings is 1. The van der Waals surface area contributed by atoms with Crippen LogP contribution in [-0.2, 0) is 4.74 Å². The summed E-state index contributed by atoms with van der Waals surface area (Å²) in [6.07, 6.45) is 12.4. The summed E-state index contributed by atoms with van der Waals surface area (Å²) in [6, 6.07) is 6.71. The van der Waals surface area contributed by atoms with Gasteiger partial charge in [-0.3, -0.25) is 0 Å². The second-order valence-corrected chi connectivity index (χ2v) is 5.91. The molecule has 0 spiro atoms. The van der Waals surface area contributed by atoms with Gasteiger partial charge in [-0.05, 0) is 31.9 Å². The lowest BCUT2D eigenvalue weighted by Crippen LogP contribution is -1.92. The van der Waals surface area contributed by atoms with Gasteiger partial charge in [0, 0.05) is 19.6 Å². The van der Waals surface area contributed by atoms with Crippen LogP contribution in [0.3, 0.4) is 0 Å². The van der Waals surface area contributed by atoms with Crippen LogP contribution in [0.1, 0.15) is 76.7 Å². The van der Waals surface area contributed by atoms with E-state index in [1.54, 1.807) is 12.1 Å². The molecule has 0 aliphatic heterocycles. The smallest absolute Gasteiger partial charge is 0.138 e. The number of ether oxygens (including phenoxy) is 1. The molecule has 128 valence electrons. The van der Waals surface area contributed by atoms with Crippen LogP contribution in [0.5, 0.6) is 0 Å². The Kier molecular flexibility index (Phi) is 12.2. The molecule has 0 aliphatic rings. The summed E-state index contributed by atoms with van der Waals surface area (Å²) in [4.78, 5) is 0. The predicted molar refractivity (Wildman–Crippen MR) is 95.9 cm³/mol. The van der Waals surface area contributed by atoms with E-state index >= 15 is 0 Å². The Hall–Kier alpha value is -1.33. The summed E-state index contributed by atoms with van der Waals surface area (Å²) in [5.41, 5.74) is 0.511. The number of unbranched alkanes of at least 4 members (excludes halogenated alkanes) is 9.